The van der Waals surface area contributed by atoms with Crippen LogP contribution in [0.2, 0.25) is 0 Å². The molecule has 0 aliphatic carbocycles. The van der Waals surface area contributed by atoms with Gasteiger partial charge in [0.05, 0.1) is 0 Å². The van der Waals surface area contributed by atoms with Gasteiger partial charge >= 0.3 is 0 Å². The van der Waals surface area contributed by atoms with Gasteiger partial charge in [-0.2, -0.15) is 0 Å². The van der Waals surface area contributed by atoms with Crippen molar-refractivity contribution in [2.45, 2.75) is 6.04 Å². The molecular formula is C21H18N4O2. The Balaban J connectivity index is 1.55. The molecule has 1 amide bonds. The molecule has 6 heteroatoms. The Hall–Kier alpha value is -3.67. The average Bonchev–Trinajstić information content (AvgIpc) is 3.31. The van der Waals surface area contributed by atoms with Crippen LogP contribution in [0.3, 0.4) is 0 Å². The van der Waals surface area contributed by atoms with E-state index in [4.69, 9.17) is 4.42 Å². The lowest BCUT2D eigenvalue weighted by atomic mass is 10.1. The van der Waals surface area contributed by atoms with Gasteiger partial charge in [-0.25, -0.2) is 9.97 Å². The maximum Gasteiger partial charge on any atom is 0.245 e. The first-order valence-corrected chi connectivity index (χ1v) is 8.57. The average molecular weight is 358 g/mol. The third-order valence-corrected chi connectivity index (χ3v) is 4.22. The summed E-state index contributed by atoms with van der Waals surface area (Å²) in [6.45, 7) is 0. The van der Waals surface area contributed by atoms with Gasteiger partial charge in [-0.05, 0) is 17.7 Å². The Morgan fingerprint density at radius 1 is 1.15 bits per heavy atom. The number of nitrogens with one attached hydrogen (secondary N) is 1. The molecule has 27 heavy (non-hydrogen) atoms. The highest BCUT2D eigenvalue weighted by Gasteiger charge is 2.19. The number of aryl methyl sites for hydroxylation is 1. The number of carbonyl (C=O) groups is 1. The minimum Gasteiger partial charge on any atom is -0.437 e. The summed E-state index contributed by atoms with van der Waals surface area (Å²) in [6.07, 6.45) is 6.55. The molecule has 4 rings (SSSR count). The number of amides is 1. The summed E-state index contributed by atoms with van der Waals surface area (Å²) in [7, 11) is 1.90. The lowest BCUT2D eigenvalue weighted by Crippen LogP contribution is -2.29. The fourth-order valence-electron chi connectivity index (χ4n) is 2.90. The molecule has 0 saturated carbocycles. The summed E-state index contributed by atoms with van der Waals surface area (Å²) in [5, 5.41) is 3.00. The van der Waals surface area contributed by atoms with Gasteiger partial charge in [0, 0.05) is 31.6 Å². The van der Waals surface area contributed by atoms with Crippen LogP contribution in [-0.2, 0) is 11.8 Å². The summed E-state index contributed by atoms with van der Waals surface area (Å²) < 4.78 is 7.50. The highest BCUT2D eigenvalue weighted by atomic mass is 16.3. The smallest absolute Gasteiger partial charge is 0.245 e. The number of aromatic nitrogens is 3. The topological polar surface area (TPSA) is 73.0 Å². The van der Waals surface area contributed by atoms with E-state index in [0.717, 1.165) is 16.9 Å². The zero-order valence-corrected chi connectivity index (χ0v) is 14.7. The molecule has 1 N–H and O–H groups in total. The van der Waals surface area contributed by atoms with Crippen molar-refractivity contribution in [2.24, 2.45) is 7.05 Å². The third kappa shape index (κ3) is 3.64. The Bertz CT molecular complexity index is 1060. The zero-order chi connectivity index (χ0) is 18.6. The van der Waals surface area contributed by atoms with Crippen LogP contribution >= 0.6 is 0 Å². The van der Waals surface area contributed by atoms with Gasteiger partial charge in [0.1, 0.15) is 17.4 Å². The van der Waals surface area contributed by atoms with Gasteiger partial charge in [-0.1, -0.05) is 42.5 Å². The van der Waals surface area contributed by atoms with Gasteiger partial charge < -0.3 is 14.3 Å². The Morgan fingerprint density at radius 3 is 2.67 bits per heavy atom. The van der Waals surface area contributed by atoms with Gasteiger partial charge in [-0.3, -0.25) is 4.79 Å². The van der Waals surface area contributed by atoms with Crippen LogP contribution in [0.5, 0.6) is 0 Å². The highest BCUT2D eigenvalue weighted by Crippen LogP contribution is 2.20. The van der Waals surface area contributed by atoms with E-state index in [0.29, 0.717) is 11.5 Å². The Kier molecular flexibility index (Phi) is 4.53. The molecule has 2 heterocycles. The second-order valence-electron chi connectivity index (χ2n) is 6.10. The first-order valence-electron chi connectivity index (χ1n) is 8.57. The van der Waals surface area contributed by atoms with Gasteiger partial charge in [0.2, 0.25) is 11.8 Å². The lowest BCUT2D eigenvalue weighted by Gasteiger charge is -2.18. The van der Waals surface area contributed by atoms with E-state index < -0.39 is 0 Å². The number of hydrogen-bond donors (Lipinski definition) is 1. The number of para-hydroxylation sites is 2. The maximum atomic E-state index is 12.5. The molecule has 0 aliphatic rings. The van der Waals surface area contributed by atoms with Crippen molar-refractivity contribution in [3.8, 4) is 0 Å². The monoisotopic (exact) mass is 358 g/mol. The van der Waals surface area contributed by atoms with E-state index in [1.165, 1.54) is 6.08 Å². The van der Waals surface area contributed by atoms with Gasteiger partial charge in [0.15, 0.2) is 5.58 Å². The van der Waals surface area contributed by atoms with E-state index in [-0.39, 0.29) is 11.9 Å². The molecule has 0 aliphatic heterocycles. The summed E-state index contributed by atoms with van der Waals surface area (Å²) in [5.41, 5.74) is 2.40. The number of fused-ring (bicyclic) bond motifs is 1. The quantitative estimate of drug-likeness (QED) is 0.554. The number of hydrogen-bond acceptors (Lipinski definition) is 4. The summed E-state index contributed by atoms with van der Waals surface area (Å²) >= 11 is 0. The maximum absolute atomic E-state index is 12.5. The molecule has 6 nitrogen and oxygen atoms in total. The highest BCUT2D eigenvalue weighted by molar-refractivity contribution is 5.92. The van der Waals surface area contributed by atoms with Crippen LogP contribution in [0, 0.1) is 0 Å². The molecule has 0 spiro atoms. The van der Waals surface area contributed by atoms with E-state index in [1.807, 2.05) is 72.4 Å². The number of carbonyl (C=O) groups excluding carboxylic acids is 1. The van der Waals surface area contributed by atoms with E-state index in [2.05, 4.69) is 15.3 Å². The van der Waals surface area contributed by atoms with E-state index >= 15 is 0 Å². The number of oxazole rings is 1. The van der Waals surface area contributed by atoms with Crippen molar-refractivity contribution in [3.05, 3.63) is 90.3 Å². The molecular weight excluding hydrogens is 340 g/mol. The van der Waals surface area contributed by atoms with Crippen LogP contribution in [-0.4, -0.2) is 20.4 Å². The minimum atomic E-state index is -0.355. The fourth-order valence-corrected chi connectivity index (χ4v) is 2.90. The molecule has 0 fully saturated rings. The SMILES string of the molecule is Cn1ccnc1[C@@H](NC(=O)/C=C/c1nc2ccccc2o1)c1ccccc1. The van der Waals surface area contributed by atoms with Gasteiger partial charge in [0.25, 0.3) is 0 Å². The molecule has 2 aromatic heterocycles. The summed E-state index contributed by atoms with van der Waals surface area (Å²) in [5.74, 6) is 0.888. The summed E-state index contributed by atoms with van der Waals surface area (Å²) in [4.78, 5) is 21.2. The third-order valence-electron chi connectivity index (χ3n) is 4.22. The van der Waals surface area contributed by atoms with Gasteiger partial charge in [-0.15, -0.1) is 0 Å². The molecule has 134 valence electrons. The van der Waals surface area contributed by atoms with Crippen molar-refractivity contribution in [3.63, 3.8) is 0 Å². The van der Waals surface area contributed by atoms with Crippen LogP contribution < -0.4 is 5.32 Å². The van der Waals surface area contributed by atoms with E-state index in [9.17, 15) is 4.79 Å². The molecule has 0 unspecified atom stereocenters. The second-order valence-corrected chi connectivity index (χ2v) is 6.10. The Labute approximate surface area is 156 Å². The lowest BCUT2D eigenvalue weighted by molar-refractivity contribution is -0.117. The number of benzene rings is 2. The van der Waals surface area contributed by atoms with Crippen molar-refractivity contribution < 1.29 is 9.21 Å². The van der Waals surface area contributed by atoms with Crippen molar-refractivity contribution in [1.82, 2.24) is 19.9 Å². The molecule has 4 aromatic rings. The largest absolute Gasteiger partial charge is 0.437 e. The van der Waals surface area contributed by atoms with Crippen molar-refractivity contribution in [1.29, 1.82) is 0 Å². The van der Waals surface area contributed by atoms with Crippen molar-refractivity contribution >= 4 is 23.1 Å². The first-order chi connectivity index (χ1) is 13.2. The molecule has 0 bridgehead atoms. The predicted molar refractivity (Wildman–Crippen MR) is 103 cm³/mol. The van der Waals surface area contributed by atoms with Crippen LogP contribution in [0.15, 0.2) is 77.5 Å². The zero-order valence-electron chi connectivity index (χ0n) is 14.7. The Morgan fingerprint density at radius 2 is 1.93 bits per heavy atom. The van der Waals surface area contributed by atoms with Crippen LogP contribution in [0.25, 0.3) is 17.2 Å². The van der Waals surface area contributed by atoms with E-state index in [1.54, 1.807) is 12.3 Å². The standard InChI is InChI=1S/C21H18N4O2/c1-25-14-13-22-21(25)20(15-7-3-2-4-8-15)24-18(26)11-12-19-23-16-9-5-6-10-17(16)27-19/h2-14,20H,1H3,(H,24,26)/b12-11+/t20-/m0/s1. The molecule has 1 atom stereocenters. The van der Waals surface area contributed by atoms with Crippen molar-refractivity contribution in [2.75, 3.05) is 0 Å². The number of rotatable bonds is 5. The molecule has 0 radical (unpaired) electrons. The number of imidazole rings is 1. The number of nitrogens with zero attached hydrogens (tertiary/aromatic N) is 3. The second kappa shape index (κ2) is 7.29. The predicted octanol–water partition coefficient (Wildman–Crippen LogP) is 3.48. The molecule has 2 aromatic carbocycles. The van der Waals surface area contributed by atoms with Crippen LogP contribution in [0.4, 0.5) is 0 Å². The first kappa shape index (κ1) is 16.8. The minimum absolute atomic E-state index is 0.255. The van der Waals surface area contributed by atoms with Crippen LogP contribution in [0.1, 0.15) is 23.3 Å². The summed E-state index contributed by atoms with van der Waals surface area (Å²) in [6, 6.07) is 16.9. The normalized spacial score (nSPS) is 12.5. The fraction of sp³-hybridized carbons (Fsp3) is 0.0952. The molecule has 0 saturated heterocycles.